The highest BCUT2D eigenvalue weighted by molar-refractivity contribution is 6.30. The quantitative estimate of drug-likeness (QED) is 0.534. The Kier molecular flexibility index (Phi) is 4.62. The first-order chi connectivity index (χ1) is 6.97. The molecule has 0 N–H and O–H groups in total. The second-order valence-electron chi connectivity index (χ2n) is 5.10. The van der Waals surface area contributed by atoms with E-state index in [0.717, 1.165) is 15.9 Å². The zero-order chi connectivity index (χ0) is 11.3. The highest BCUT2D eigenvalue weighted by Crippen LogP contribution is 2.11. The molecule has 0 unspecified atom stereocenters. The molecule has 1 aromatic rings. The van der Waals surface area contributed by atoms with E-state index in [-0.39, 0.29) is 0 Å². The molecule has 1 rings (SSSR count). The number of quaternary nitrogens is 1. The van der Waals surface area contributed by atoms with Crippen molar-refractivity contribution in [3.05, 3.63) is 34.9 Å². The Bertz CT molecular complexity index is 284. The summed E-state index contributed by atoms with van der Waals surface area (Å²) in [6.45, 7) is 1.24. The van der Waals surface area contributed by atoms with E-state index in [4.69, 9.17) is 11.6 Å². The SMILES string of the molecule is C[N+](C)(C)CCCCc1ccc(Cl)cc1. The fourth-order valence-electron chi connectivity index (χ4n) is 1.57. The highest BCUT2D eigenvalue weighted by atomic mass is 35.5. The molecular formula is C13H21ClN+. The fraction of sp³-hybridized carbons (Fsp3) is 0.538. The van der Waals surface area contributed by atoms with Crippen molar-refractivity contribution in [2.45, 2.75) is 19.3 Å². The van der Waals surface area contributed by atoms with Crippen LogP contribution in [0.5, 0.6) is 0 Å². The summed E-state index contributed by atoms with van der Waals surface area (Å²) in [5, 5.41) is 0.824. The molecule has 0 aliphatic carbocycles. The van der Waals surface area contributed by atoms with Crippen LogP contribution in [0.2, 0.25) is 5.02 Å². The highest BCUT2D eigenvalue weighted by Gasteiger charge is 2.05. The number of benzene rings is 1. The zero-order valence-electron chi connectivity index (χ0n) is 9.96. The molecule has 0 saturated heterocycles. The molecule has 0 amide bonds. The minimum Gasteiger partial charge on any atom is -0.331 e. The van der Waals surface area contributed by atoms with Crippen LogP contribution in [0.3, 0.4) is 0 Å². The Morgan fingerprint density at radius 1 is 1.00 bits per heavy atom. The van der Waals surface area contributed by atoms with Crippen molar-refractivity contribution in [3.63, 3.8) is 0 Å². The van der Waals surface area contributed by atoms with Gasteiger partial charge in [-0.15, -0.1) is 0 Å². The molecule has 84 valence electrons. The van der Waals surface area contributed by atoms with Gasteiger partial charge in [0.1, 0.15) is 0 Å². The standard InChI is InChI=1S/C13H21ClN/c1-15(2,3)11-5-4-6-12-7-9-13(14)10-8-12/h7-10H,4-6,11H2,1-3H3/q+1. The van der Waals surface area contributed by atoms with Crippen LogP contribution in [-0.2, 0) is 6.42 Å². The van der Waals surface area contributed by atoms with Crippen LogP contribution >= 0.6 is 11.6 Å². The average molecular weight is 227 g/mol. The first-order valence-corrected chi connectivity index (χ1v) is 5.90. The van der Waals surface area contributed by atoms with E-state index in [2.05, 4.69) is 33.3 Å². The summed E-state index contributed by atoms with van der Waals surface area (Å²) < 4.78 is 1.06. The lowest BCUT2D eigenvalue weighted by Crippen LogP contribution is -2.35. The topological polar surface area (TPSA) is 0 Å². The van der Waals surface area contributed by atoms with Crippen molar-refractivity contribution >= 4 is 11.6 Å². The van der Waals surface area contributed by atoms with Crippen LogP contribution in [0.25, 0.3) is 0 Å². The molecule has 0 spiro atoms. The molecule has 0 bridgehead atoms. The molecule has 0 aliphatic heterocycles. The maximum absolute atomic E-state index is 5.83. The lowest BCUT2D eigenvalue weighted by molar-refractivity contribution is -0.870. The van der Waals surface area contributed by atoms with Crippen molar-refractivity contribution in [3.8, 4) is 0 Å². The fourth-order valence-corrected chi connectivity index (χ4v) is 1.69. The molecule has 0 atom stereocenters. The van der Waals surface area contributed by atoms with Gasteiger partial charge < -0.3 is 4.48 Å². The molecule has 0 radical (unpaired) electrons. The van der Waals surface area contributed by atoms with Crippen molar-refractivity contribution in [2.24, 2.45) is 0 Å². The van der Waals surface area contributed by atoms with Gasteiger partial charge >= 0.3 is 0 Å². The van der Waals surface area contributed by atoms with Gasteiger partial charge in [0.15, 0.2) is 0 Å². The predicted molar refractivity (Wildman–Crippen MR) is 67.3 cm³/mol. The van der Waals surface area contributed by atoms with Crippen molar-refractivity contribution in [2.75, 3.05) is 27.7 Å². The number of hydrogen-bond donors (Lipinski definition) is 0. The van der Waals surface area contributed by atoms with E-state index in [9.17, 15) is 0 Å². The van der Waals surface area contributed by atoms with Gasteiger partial charge in [-0.05, 0) is 37.0 Å². The Morgan fingerprint density at radius 3 is 2.13 bits per heavy atom. The second kappa shape index (κ2) is 5.53. The van der Waals surface area contributed by atoms with Crippen LogP contribution in [0.4, 0.5) is 0 Å². The molecule has 0 fully saturated rings. The molecule has 0 aliphatic rings. The minimum atomic E-state index is 0.824. The summed E-state index contributed by atoms with van der Waals surface area (Å²) in [5.74, 6) is 0. The molecule has 1 aromatic carbocycles. The van der Waals surface area contributed by atoms with Crippen LogP contribution in [0.1, 0.15) is 18.4 Å². The van der Waals surface area contributed by atoms with E-state index in [1.165, 1.54) is 24.9 Å². The molecule has 0 aromatic heterocycles. The third-order valence-electron chi connectivity index (χ3n) is 2.46. The van der Waals surface area contributed by atoms with Crippen molar-refractivity contribution < 1.29 is 4.48 Å². The van der Waals surface area contributed by atoms with Gasteiger partial charge in [0, 0.05) is 5.02 Å². The summed E-state index contributed by atoms with van der Waals surface area (Å²) >= 11 is 5.83. The van der Waals surface area contributed by atoms with E-state index in [0.29, 0.717) is 0 Å². The van der Waals surface area contributed by atoms with Crippen LogP contribution in [0.15, 0.2) is 24.3 Å². The maximum atomic E-state index is 5.83. The normalized spacial score (nSPS) is 11.7. The number of hydrogen-bond acceptors (Lipinski definition) is 0. The largest absolute Gasteiger partial charge is 0.331 e. The third kappa shape index (κ3) is 5.81. The molecule has 1 nitrogen and oxygen atoms in total. The van der Waals surface area contributed by atoms with Gasteiger partial charge in [0.2, 0.25) is 0 Å². The van der Waals surface area contributed by atoms with Gasteiger partial charge in [-0.1, -0.05) is 23.7 Å². The number of halogens is 1. The maximum Gasteiger partial charge on any atom is 0.0780 e. The van der Waals surface area contributed by atoms with E-state index in [1.807, 2.05) is 12.1 Å². The zero-order valence-corrected chi connectivity index (χ0v) is 10.7. The Hall–Kier alpha value is -0.530. The van der Waals surface area contributed by atoms with Crippen molar-refractivity contribution in [1.29, 1.82) is 0 Å². The summed E-state index contributed by atoms with van der Waals surface area (Å²) in [6, 6.07) is 8.18. The molecular weight excluding hydrogens is 206 g/mol. The van der Waals surface area contributed by atoms with Crippen molar-refractivity contribution in [1.82, 2.24) is 0 Å². The van der Waals surface area contributed by atoms with Gasteiger partial charge in [-0.2, -0.15) is 0 Å². The average Bonchev–Trinajstić information content (AvgIpc) is 2.14. The lowest BCUT2D eigenvalue weighted by Gasteiger charge is -2.23. The Labute approximate surface area is 98.3 Å². The summed E-state index contributed by atoms with van der Waals surface area (Å²) in [5.41, 5.74) is 1.39. The summed E-state index contributed by atoms with van der Waals surface area (Å²) in [6.07, 6.45) is 3.71. The monoisotopic (exact) mass is 226 g/mol. The van der Waals surface area contributed by atoms with Gasteiger partial charge in [-0.25, -0.2) is 0 Å². The minimum absolute atomic E-state index is 0.824. The summed E-state index contributed by atoms with van der Waals surface area (Å²) in [7, 11) is 6.72. The van der Waals surface area contributed by atoms with Crippen LogP contribution in [-0.4, -0.2) is 32.2 Å². The Morgan fingerprint density at radius 2 is 1.60 bits per heavy atom. The molecule has 2 heteroatoms. The van der Waals surface area contributed by atoms with E-state index in [1.54, 1.807) is 0 Å². The van der Waals surface area contributed by atoms with E-state index < -0.39 is 0 Å². The van der Waals surface area contributed by atoms with Gasteiger partial charge in [-0.3, -0.25) is 0 Å². The van der Waals surface area contributed by atoms with Gasteiger partial charge in [0.05, 0.1) is 27.7 Å². The first kappa shape index (κ1) is 12.5. The third-order valence-corrected chi connectivity index (χ3v) is 2.71. The van der Waals surface area contributed by atoms with Gasteiger partial charge in [0.25, 0.3) is 0 Å². The first-order valence-electron chi connectivity index (χ1n) is 5.52. The summed E-state index contributed by atoms with van der Waals surface area (Å²) in [4.78, 5) is 0. The van der Waals surface area contributed by atoms with E-state index >= 15 is 0 Å². The molecule has 15 heavy (non-hydrogen) atoms. The molecule has 0 heterocycles. The molecule has 0 saturated carbocycles. The second-order valence-corrected chi connectivity index (χ2v) is 5.53. The van der Waals surface area contributed by atoms with Crippen LogP contribution in [0, 0.1) is 0 Å². The van der Waals surface area contributed by atoms with Crippen LogP contribution < -0.4 is 0 Å². The number of nitrogens with zero attached hydrogens (tertiary/aromatic N) is 1. The smallest absolute Gasteiger partial charge is 0.0780 e. The predicted octanol–water partition coefficient (Wildman–Crippen LogP) is 3.37. The number of aryl methyl sites for hydroxylation is 1. The number of rotatable bonds is 5. The lowest BCUT2D eigenvalue weighted by atomic mass is 10.1. The Balaban J connectivity index is 2.23. The number of unbranched alkanes of at least 4 members (excludes halogenated alkanes) is 1.